The normalized spacial score (nSPS) is 10.6. The van der Waals surface area contributed by atoms with Crippen molar-refractivity contribution < 1.29 is 9.90 Å². The van der Waals surface area contributed by atoms with Crippen molar-refractivity contribution in [3.8, 4) is 0 Å². The number of nitrogens with one attached hydrogen (secondary N) is 2. The number of fused-ring (bicyclic) bond motifs is 1. The standard InChI is InChI=1S/C14H9Cl2N3O2S/c15-7-1-3-8(4-2-7)18-19-11-9(14(20)21)5-17-12-10(16)6-22-13(11)12/h1-6,18H,(H,17,19)(H,20,21). The van der Waals surface area contributed by atoms with Gasteiger partial charge in [-0.2, -0.15) is 0 Å². The number of rotatable bonds is 4. The molecule has 3 rings (SSSR count). The van der Waals surface area contributed by atoms with E-state index in [1.165, 1.54) is 17.5 Å². The Morgan fingerprint density at radius 1 is 1.18 bits per heavy atom. The number of aromatic nitrogens is 1. The molecule has 0 saturated heterocycles. The third-order valence-corrected chi connectivity index (χ3v) is 4.60. The molecule has 0 aliphatic carbocycles. The molecule has 0 atom stereocenters. The SMILES string of the molecule is O=C(O)c1cnc2c(Cl)csc2c1NNc1ccc(Cl)cc1. The molecule has 3 N–H and O–H groups in total. The third-order valence-electron chi connectivity index (χ3n) is 2.95. The zero-order chi connectivity index (χ0) is 15.7. The fraction of sp³-hybridized carbons (Fsp3) is 0. The average Bonchev–Trinajstić information content (AvgIpc) is 2.88. The minimum absolute atomic E-state index is 0.0625. The van der Waals surface area contributed by atoms with E-state index < -0.39 is 5.97 Å². The van der Waals surface area contributed by atoms with E-state index in [1.54, 1.807) is 29.6 Å². The molecule has 8 heteroatoms. The van der Waals surface area contributed by atoms with Crippen LogP contribution in [0.1, 0.15) is 10.4 Å². The Morgan fingerprint density at radius 2 is 1.91 bits per heavy atom. The Balaban J connectivity index is 1.98. The maximum absolute atomic E-state index is 11.4. The van der Waals surface area contributed by atoms with E-state index in [4.69, 9.17) is 23.2 Å². The Kier molecular flexibility index (Phi) is 4.06. The van der Waals surface area contributed by atoms with Gasteiger partial charge in [-0.3, -0.25) is 10.4 Å². The van der Waals surface area contributed by atoms with Crippen molar-refractivity contribution in [2.24, 2.45) is 0 Å². The van der Waals surface area contributed by atoms with Gasteiger partial charge in [-0.05, 0) is 24.3 Å². The van der Waals surface area contributed by atoms with Crippen molar-refractivity contribution in [3.05, 3.63) is 51.5 Å². The first-order valence-corrected chi connectivity index (χ1v) is 7.76. The molecule has 0 fully saturated rings. The zero-order valence-electron chi connectivity index (χ0n) is 10.9. The van der Waals surface area contributed by atoms with E-state index in [0.717, 1.165) is 5.69 Å². The molecule has 0 saturated carbocycles. The van der Waals surface area contributed by atoms with Crippen molar-refractivity contribution in [2.45, 2.75) is 0 Å². The fourth-order valence-corrected chi connectivity index (χ4v) is 3.24. The van der Waals surface area contributed by atoms with E-state index >= 15 is 0 Å². The second kappa shape index (κ2) is 6.00. The van der Waals surface area contributed by atoms with Gasteiger partial charge in [0.1, 0.15) is 11.1 Å². The highest BCUT2D eigenvalue weighted by atomic mass is 35.5. The summed E-state index contributed by atoms with van der Waals surface area (Å²) >= 11 is 13.2. The number of nitrogens with zero attached hydrogens (tertiary/aromatic N) is 1. The topological polar surface area (TPSA) is 74.2 Å². The molecule has 0 amide bonds. The lowest BCUT2D eigenvalue weighted by atomic mass is 10.2. The van der Waals surface area contributed by atoms with Crippen molar-refractivity contribution in [2.75, 3.05) is 10.9 Å². The van der Waals surface area contributed by atoms with Crippen molar-refractivity contribution in [3.63, 3.8) is 0 Å². The zero-order valence-corrected chi connectivity index (χ0v) is 13.3. The minimum Gasteiger partial charge on any atom is -0.478 e. The number of thiophene rings is 1. The molecule has 5 nitrogen and oxygen atoms in total. The lowest BCUT2D eigenvalue weighted by Gasteiger charge is -2.13. The van der Waals surface area contributed by atoms with Crippen LogP contribution in [0.2, 0.25) is 10.0 Å². The summed E-state index contributed by atoms with van der Waals surface area (Å²) in [6.07, 6.45) is 1.29. The average molecular weight is 354 g/mol. The van der Waals surface area contributed by atoms with Gasteiger partial charge < -0.3 is 10.5 Å². The van der Waals surface area contributed by atoms with Gasteiger partial charge in [0.15, 0.2) is 0 Å². The summed E-state index contributed by atoms with van der Waals surface area (Å²) in [4.78, 5) is 15.5. The van der Waals surface area contributed by atoms with Crippen LogP contribution in [0.3, 0.4) is 0 Å². The molecule has 22 heavy (non-hydrogen) atoms. The smallest absolute Gasteiger partial charge is 0.339 e. The summed E-state index contributed by atoms with van der Waals surface area (Å²) in [5.41, 5.74) is 7.67. The second-order valence-corrected chi connectivity index (χ2v) is 6.09. The van der Waals surface area contributed by atoms with Crippen molar-refractivity contribution in [1.82, 2.24) is 4.98 Å². The molecule has 2 heterocycles. The van der Waals surface area contributed by atoms with Crippen LogP contribution in [0, 0.1) is 0 Å². The molecule has 0 unspecified atom stereocenters. The number of anilines is 2. The van der Waals surface area contributed by atoms with E-state index in [1.807, 2.05) is 0 Å². The number of hydrazine groups is 1. The van der Waals surface area contributed by atoms with Gasteiger partial charge in [0.05, 0.1) is 21.1 Å². The van der Waals surface area contributed by atoms with Crippen LogP contribution in [0.25, 0.3) is 10.2 Å². The molecule has 0 bridgehead atoms. The number of pyridine rings is 1. The van der Waals surface area contributed by atoms with Gasteiger partial charge >= 0.3 is 5.97 Å². The molecule has 0 spiro atoms. The summed E-state index contributed by atoms with van der Waals surface area (Å²) in [7, 11) is 0. The van der Waals surface area contributed by atoms with Crippen LogP contribution in [-0.2, 0) is 0 Å². The summed E-state index contributed by atoms with van der Waals surface area (Å²) in [5.74, 6) is -1.07. The molecule has 0 aliphatic rings. The number of hydrogen-bond acceptors (Lipinski definition) is 5. The predicted octanol–water partition coefficient (Wildman–Crippen LogP) is 4.74. The molecule has 3 aromatic rings. The summed E-state index contributed by atoms with van der Waals surface area (Å²) in [5, 5.41) is 12.1. The van der Waals surface area contributed by atoms with E-state index in [9.17, 15) is 9.90 Å². The van der Waals surface area contributed by atoms with Crippen molar-refractivity contribution >= 4 is 62.1 Å². The van der Waals surface area contributed by atoms with Crippen LogP contribution in [0.4, 0.5) is 11.4 Å². The van der Waals surface area contributed by atoms with Crippen LogP contribution >= 0.6 is 34.5 Å². The number of hydrogen-bond donors (Lipinski definition) is 3. The number of halogens is 2. The highest BCUT2D eigenvalue weighted by Gasteiger charge is 2.17. The summed E-state index contributed by atoms with van der Waals surface area (Å²) < 4.78 is 0.673. The van der Waals surface area contributed by atoms with Crippen LogP contribution in [0.5, 0.6) is 0 Å². The monoisotopic (exact) mass is 353 g/mol. The number of carboxylic acid groups (broad SMARTS) is 1. The van der Waals surface area contributed by atoms with Gasteiger partial charge in [-0.25, -0.2) is 4.79 Å². The minimum atomic E-state index is -1.07. The van der Waals surface area contributed by atoms with E-state index in [2.05, 4.69) is 15.8 Å². The first-order chi connectivity index (χ1) is 10.6. The number of benzene rings is 1. The van der Waals surface area contributed by atoms with Crippen LogP contribution in [-0.4, -0.2) is 16.1 Å². The third kappa shape index (κ3) is 2.81. The quantitative estimate of drug-likeness (QED) is 0.590. The summed E-state index contributed by atoms with van der Waals surface area (Å²) in [6.45, 7) is 0. The van der Waals surface area contributed by atoms with Gasteiger partial charge in [0, 0.05) is 16.6 Å². The first kappa shape index (κ1) is 14.9. The Morgan fingerprint density at radius 3 is 2.59 bits per heavy atom. The maximum atomic E-state index is 11.4. The largest absolute Gasteiger partial charge is 0.478 e. The van der Waals surface area contributed by atoms with Crippen LogP contribution in [0.15, 0.2) is 35.8 Å². The second-order valence-electron chi connectivity index (χ2n) is 4.37. The van der Waals surface area contributed by atoms with Gasteiger partial charge in [0.25, 0.3) is 0 Å². The fourth-order valence-electron chi connectivity index (χ4n) is 1.90. The molecule has 1 aromatic carbocycles. The number of carbonyl (C=O) groups is 1. The Hall–Kier alpha value is -2.02. The van der Waals surface area contributed by atoms with Gasteiger partial charge in [-0.15, -0.1) is 11.3 Å². The number of aromatic carboxylic acids is 1. The lowest BCUT2D eigenvalue weighted by Crippen LogP contribution is -2.13. The molecule has 0 aliphatic heterocycles. The highest BCUT2D eigenvalue weighted by molar-refractivity contribution is 7.18. The lowest BCUT2D eigenvalue weighted by molar-refractivity contribution is 0.0697. The molecular weight excluding hydrogens is 345 g/mol. The number of carboxylic acids is 1. The van der Waals surface area contributed by atoms with E-state index in [0.29, 0.717) is 25.9 Å². The highest BCUT2D eigenvalue weighted by Crippen LogP contribution is 2.35. The van der Waals surface area contributed by atoms with Crippen LogP contribution < -0.4 is 10.9 Å². The molecular formula is C14H9Cl2N3O2S. The predicted molar refractivity (Wildman–Crippen MR) is 90.3 cm³/mol. The summed E-state index contributed by atoms with van der Waals surface area (Å²) in [6, 6.07) is 7.01. The Labute approximate surface area is 139 Å². The first-order valence-electron chi connectivity index (χ1n) is 6.13. The van der Waals surface area contributed by atoms with Gasteiger partial charge in [0.2, 0.25) is 0 Å². The van der Waals surface area contributed by atoms with Crippen molar-refractivity contribution in [1.29, 1.82) is 0 Å². The molecule has 112 valence electrons. The van der Waals surface area contributed by atoms with Gasteiger partial charge in [-0.1, -0.05) is 23.2 Å². The van der Waals surface area contributed by atoms with E-state index in [-0.39, 0.29) is 5.56 Å². The Bertz CT molecular complexity index is 849. The molecule has 0 radical (unpaired) electrons. The molecule has 2 aromatic heterocycles. The maximum Gasteiger partial charge on any atom is 0.339 e.